The second kappa shape index (κ2) is 6.05. The van der Waals surface area contributed by atoms with E-state index in [4.69, 9.17) is 0 Å². The average molecular weight is 303 g/mol. The van der Waals surface area contributed by atoms with Crippen LogP contribution in [0.2, 0.25) is 0 Å². The first-order chi connectivity index (χ1) is 9.90. The minimum atomic E-state index is -3.68. The summed E-state index contributed by atoms with van der Waals surface area (Å²) in [4.78, 5) is 6.62. The van der Waals surface area contributed by atoms with Gasteiger partial charge >= 0.3 is 0 Å². The van der Waals surface area contributed by atoms with Crippen LogP contribution in [0.4, 0.5) is 0 Å². The summed E-state index contributed by atoms with van der Waals surface area (Å²) in [6.45, 7) is 5.30. The first-order valence-electron chi connectivity index (χ1n) is 6.45. The molecule has 0 saturated carbocycles. The van der Waals surface area contributed by atoms with Crippen molar-refractivity contribution in [3.63, 3.8) is 0 Å². The van der Waals surface area contributed by atoms with Gasteiger partial charge in [0.25, 0.3) is 10.0 Å². The lowest BCUT2D eigenvalue weighted by atomic mass is 10.2. The van der Waals surface area contributed by atoms with Gasteiger partial charge in [0, 0.05) is 6.20 Å². The highest BCUT2D eigenvalue weighted by molar-refractivity contribution is 7.89. The van der Waals surface area contributed by atoms with Gasteiger partial charge in [0.15, 0.2) is 0 Å². The number of sulfonamides is 1. The minimum Gasteiger partial charge on any atom is -0.255 e. The highest BCUT2D eigenvalue weighted by atomic mass is 32.2. The lowest BCUT2D eigenvalue weighted by Crippen LogP contribution is -2.21. The topological polar surface area (TPSA) is 71.4 Å². The molecule has 110 valence electrons. The molecule has 0 aliphatic rings. The van der Waals surface area contributed by atoms with Crippen LogP contribution < -0.4 is 4.83 Å². The highest BCUT2D eigenvalue weighted by Gasteiger charge is 2.16. The zero-order valence-corrected chi connectivity index (χ0v) is 13.0. The van der Waals surface area contributed by atoms with Crippen molar-refractivity contribution in [1.29, 1.82) is 0 Å². The fourth-order valence-corrected chi connectivity index (χ4v) is 3.00. The molecule has 2 aromatic rings. The van der Waals surface area contributed by atoms with Crippen molar-refractivity contribution in [2.75, 3.05) is 0 Å². The molecular weight excluding hydrogens is 286 g/mol. The number of aromatic nitrogens is 1. The van der Waals surface area contributed by atoms with Crippen LogP contribution in [0.1, 0.15) is 23.7 Å². The number of aryl methyl sites for hydroxylation is 2. The Labute approximate surface area is 124 Å². The second-order valence-electron chi connectivity index (χ2n) is 4.78. The molecule has 21 heavy (non-hydrogen) atoms. The maximum atomic E-state index is 12.3. The molecule has 1 heterocycles. The largest absolute Gasteiger partial charge is 0.276 e. The van der Waals surface area contributed by atoms with Gasteiger partial charge in [-0.05, 0) is 50.1 Å². The van der Waals surface area contributed by atoms with Gasteiger partial charge in [0.1, 0.15) is 0 Å². The number of hydrazone groups is 1. The van der Waals surface area contributed by atoms with E-state index in [1.54, 1.807) is 44.3 Å². The van der Waals surface area contributed by atoms with Gasteiger partial charge in [-0.25, -0.2) is 0 Å². The minimum absolute atomic E-state index is 0.236. The number of hydrogen-bond acceptors (Lipinski definition) is 4. The van der Waals surface area contributed by atoms with E-state index >= 15 is 0 Å². The van der Waals surface area contributed by atoms with E-state index in [0.29, 0.717) is 17.0 Å². The quantitative estimate of drug-likeness (QED) is 0.696. The molecule has 0 bridgehead atoms. The Morgan fingerprint density at radius 3 is 2.62 bits per heavy atom. The summed E-state index contributed by atoms with van der Waals surface area (Å²) in [5.41, 5.74) is 2.69. The number of nitrogens with one attached hydrogen (secondary N) is 1. The van der Waals surface area contributed by atoms with Gasteiger partial charge in [-0.1, -0.05) is 18.2 Å². The van der Waals surface area contributed by atoms with Crippen LogP contribution >= 0.6 is 0 Å². The maximum absolute atomic E-state index is 12.3. The third kappa shape index (κ3) is 3.66. The number of benzene rings is 1. The SMILES string of the molecule is CC(=NNS(=O)(=O)c1cc(C)ccc1C)c1ccccn1. The van der Waals surface area contributed by atoms with Gasteiger partial charge in [0.2, 0.25) is 0 Å². The molecule has 0 fully saturated rings. The monoisotopic (exact) mass is 303 g/mol. The molecule has 0 spiro atoms. The Kier molecular flexibility index (Phi) is 4.37. The van der Waals surface area contributed by atoms with Crippen molar-refractivity contribution in [2.24, 2.45) is 5.10 Å². The third-order valence-electron chi connectivity index (χ3n) is 3.00. The molecule has 0 aliphatic heterocycles. The van der Waals surface area contributed by atoms with E-state index < -0.39 is 10.0 Å². The standard InChI is InChI=1S/C15H17N3O2S/c1-11-7-8-12(2)15(10-11)21(19,20)18-17-13(3)14-6-4-5-9-16-14/h4-10,18H,1-3H3. The summed E-state index contributed by atoms with van der Waals surface area (Å²) >= 11 is 0. The van der Waals surface area contributed by atoms with Gasteiger partial charge < -0.3 is 0 Å². The van der Waals surface area contributed by atoms with Crippen LogP contribution in [-0.4, -0.2) is 19.1 Å². The number of pyridine rings is 1. The molecule has 0 radical (unpaired) electrons. The van der Waals surface area contributed by atoms with E-state index in [1.165, 1.54) is 0 Å². The van der Waals surface area contributed by atoms with Gasteiger partial charge in [-0.15, -0.1) is 0 Å². The Bertz CT molecular complexity index is 769. The van der Waals surface area contributed by atoms with E-state index in [-0.39, 0.29) is 4.90 Å². The van der Waals surface area contributed by atoms with E-state index in [0.717, 1.165) is 5.56 Å². The summed E-state index contributed by atoms with van der Waals surface area (Å²) in [5, 5.41) is 3.93. The van der Waals surface area contributed by atoms with Crippen LogP contribution in [0, 0.1) is 13.8 Å². The maximum Gasteiger partial charge on any atom is 0.276 e. The van der Waals surface area contributed by atoms with Crippen LogP contribution in [0.25, 0.3) is 0 Å². The molecule has 5 nitrogen and oxygen atoms in total. The van der Waals surface area contributed by atoms with E-state index in [2.05, 4.69) is 14.9 Å². The molecule has 0 amide bonds. The number of nitrogens with zero attached hydrogens (tertiary/aromatic N) is 2. The summed E-state index contributed by atoms with van der Waals surface area (Å²) in [5.74, 6) is 0. The Morgan fingerprint density at radius 2 is 1.95 bits per heavy atom. The normalized spacial score (nSPS) is 12.2. The van der Waals surface area contributed by atoms with Gasteiger partial charge in [0.05, 0.1) is 16.3 Å². The van der Waals surface area contributed by atoms with Crippen molar-refractivity contribution in [3.05, 3.63) is 59.4 Å². The molecule has 0 saturated heterocycles. The predicted octanol–water partition coefficient (Wildman–Crippen LogP) is 2.40. The van der Waals surface area contributed by atoms with Crippen LogP contribution in [0.15, 0.2) is 52.6 Å². The molecular formula is C15H17N3O2S. The summed E-state index contributed by atoms with van der Waals surface area (Å²) in [7, 11) is -3.68. The van der Waals surface area contributed by atoms with Crippen molar-refractivity contribution in [3.8, 4) is 0 Å². The van der Waals surface area contributed by atoms with Crippen molar-refractivity contribution in [1.82, 2.24) is 9.82 Å². The molecule has 1 aromatic carbocycles. The summed E-state index contributed by atoms with van der Waals surface area (Å²) in [6.07, 6.45) is 1.63. The lowest BCUT2D eigenvalue weighted by molar-refractivity contribution is 0.583. The molecule has 0 aliphatic carbocycles. The fourth-order valence-electron chi connectivity index (χ4n) is 1.81. The first-order valence-corrected chi connectivity index (χ1v) is 7.93. The highest BCUT2D eigenvalue weighted by Crippen LogP contribution is 2.16. The molecule has 1 aromatic heterocycles. The van der Waals surface area contributed by atoms with Crippen LogP contribution in [0.3, 0.4) is 0 Å². The molecule has 6 heteroatoms. The summed E-state index contributed by atoms with van der Waals surface area (Å²) < 4.78 is 24.6. The fraction of sp³-hybridized carbons (Fsp3) is 0.200. The zero-order valence-electron chi connectivity index (χ0n) is 12.2. The van der Waals surface area contributed by atoms with E-state index in [9.17, 15) is 8.42 Å². The molecule has 1 N–H and O–H groups in total. The van der Waals surface area contributed by atoms with Crippen LogP contribution in [-0.2, 0) is 10.0 Å². The van der Waals surface area contributed by atoms with Crippen molar-refractivity contribution in [2.45, 2.75) is 25.7 Å². The number of hydrogen-bond donors (Lipinski definition) is 1. The van der Waals surface area contributed by atoms with Crippen LogP contribution in [0.5, 0.6) is 0 Å². The zero-order chi connectivity index (χ0) is 15.5. The molecule has 0 atom stereocenters. The van der Waals surface area contributed by atoms with E-state index in [1.807, 2.05) is 19.1 Å². The smallest absolute Gasteiger partial charge is 0.255 e. The van der Waals surface area contributed by atoms with Crippen molar-refractivity contribution < 1.29 is 8.42 Å². The third-order valence-corrected chi connectivity index (χ3v) is 4.35. The molecule has 2 rings (SSSR count). The van der Waals surface area contributed by atoms with Crippen molar-refractivity contribution >= 4 is 15.7 Å². The predicted molar refractivity (Wildman–Crippen MR) is 82.7 cm³/mol. The average Bonchev–Trinajstić information content (AvgIpc) is 2.48. The first kappa shape index (κ1) is 15.2. The van der Waals surface area contributed by atoms with Gasteiger partial charge in [-0.3, -0.25) is 4.98 Å². The lowest BCUT2D eigenvalue weighted by Gasteiger charge is -2.08. The Hall–Kier alpha value is -2.21. The Balaban J connectivity index is 2.28. The molecule has 0 unspecified atom stereocenters. The summed E-state index contributed by atoms with van der Waals surface area (Å²) in [6, 6.07) is 10.7. The second-order valence-corrected chi connectivity index (χ2v) is 6.41. The Morgan fingerprint density at radius 1 is 1.19 bits per heavy atom. The van der Waals surface area contributed by atoms with Gasteiger partial charge in [-0.2, -0.15) is 18.4 Å². The number of rotatable bonds is 4.